The summed E-state index contributed by atoms with van der Waals surface area (Å²) in [5, 5.41) is 5.63. The molecule has 1 aliphatic heterocycles. The minimum Gasteiger partial charge on any atom is -0.494 e. The first-order chi connectivity index (χ1) is 19.5. The first kappa shape index (κ1) is 28.3. The number of unbranched alkanes of at least 4 members (excludes halogenated alkanes) is 3. The molecule has 4 aromatic rings. The molecule has 0 bridgehead atoms. The number of carbonyl (C=O) groups is 1. The fourth-order valence-corrected chi connectivity index (χ4v) is 5.98. The van der Waals surface area contributed by atoms with Crippen molar-refractivity contribution >= 4 is 22.3 Å². The van der Waals surface area contributed by atoms with Crippen LogP contribution >= 0.6 is 11.3 Å². The van der Waals surface area contributed by atoms with Gasteiger partial charge in [-0.15, -0.1) is 0 Å². The minimum atomic E-state index is -0.317. The van der Waals surface area contributed by atoms with Crippen LogP contribution in [0.5, 0.6) is 5.75 Å². The Kier molecular flexibility index (Phi) is 9.46. The second-order valence-corrected chi connectivity index (χ2v) is 11.3. The van der Waals surface area contributed by atoms with Crippen LogP contribution in [0.3, 0.4) is 0 Å². The third-order valence-corrected chi connectivity index (χ3v) is 7.94. The van der Waals surface area contributed by atoms with Crippen molar-refractivity contribution < 1.29 is 19.0 Å². The molecule has 0 spiro atoms. The van der Waals surface area contributed by atoms with Gasteiger partial charge in [0.1, 0.15) is 10.8 Å². The van der Waals surface area contributed by atoms with E-state index >= 15 is 0 Å². The van der Waals surface area contributed by atoms with Crippen LogP contribution < -0.4 is 4.74 Å². The molecule has 2 aromatic heterocycles. The zero-order valence-electron chi connectivity index (χ0n) is 23.5. The van der Waals surface area contributed by atoms with E-state index in [-0.39, 0.29) is 5.97 Å². The summed E-state index contributed by atoms with van der Waals surface area (Å²) in [6.45, 7) is 10.5. The molecule has 2 atom stereocenters. The number of rotatable bonds is 12. The average Bonchev–Trinajstić information content (AvgIpc) is 3.53. The second kappa shape index (κ2) is 13.4. The third kappa shape index (κ3) is 7.27. The number of imidazole rings is 1. The van der Waals surface area contributed by atoms with Crippen molar-refractivity contribution in [3.05, 3.63) is 60.3 Å². The third-order valence-electron chi connectivity index (χ3n) is 6.97. The van der Waals surface area contributed by atoms with Crippen molar-refractivity contribution in [2.75, 3.05) is 32.8 Å². The van der Waals surface area contributed by atoms with Crippen LogP contribution in [0.4, 0.5) is 0 Å². The summed E-state index contributed by atoms with van der Waals surface area (Å²) >= 11 is 1.54. The highest BCUT2D eigenvalue weighted by Crippen LogP contribution is 2.29. The van der Waals surface area contributed by atoms with Crippen LogP contribution in [0.25, 0.3) is 26.8 Å². The number of aromatic nitrogens is 3. The van der Waals surface area contributed by atoms with E-state index in [0.29, 0.717) is 24.4 Å². The predicted molar refractivity (Wildman–Crippen MR) is 158 cm³/mol. The van der Waals surface area contributed by atoms with Gasteiger partial charge >= 0.3 is 5.97 Å². The Morgan fingerprint density at radius 1 is 0.975 bits per heavy atom. The summed E-state index contributed by atoms with van der Waals surface area (Å²) in [5.74, 6) is 0.567. The Balaban J connectivity index is 1.06. The normalized spacial score (nSPS) is 17.8. The van der Waals surface area contributed by atoms with Gasteiger partial charge in [0.2, 0.25) is 4.96 Å². The van der Waals surface area contributed by atoms with E-state index in [2.05, 4.69) is 18.7 Å². The lowest BCUT2D eigenvalue weighted by Gasteiger charge is -2.35. The molecular weight excluding hydrogens is 524 g/mol. The number of nitrogens with zero attached hydrogens (tertiary/aromatic N) is 4. The fourth-order valence-electron chi connectivity index (χ4n) is 5.09. The fraction of sp³-hybridized carbons (Fsp3) is 0.452. The summed E-state index contributed by atoms with van der Waals surface area (Å²) in [6.07, 6.45) is 7.30. The Hall–Kier alpha value is -3.27. The molecule has 9 heteroatoms. The molecule has 212 valence electrons. The molecule has 5 rings (SSSR count). The SMILES string of the molecule is CCOC(=O)c1ccc(-c2cn3nc(-c4ccc(OCCCCCCN5CC(C)OC(C)C5)cc4)sc3n2)cc1. The molecular formula is C31H38N4O4S. The zero-order chi connectivity index (χ0) is 27.9. The van der Waals surface area contributed by atoms with E-state index in [1.807, 2.05) is 42.6 Å². The van der Waals surface area contributed by atoms with Gasteiger partial charge < -0.3 is 14.2 Å². The molecule has 2 aromatic carbocycles. The number of benzene rings is 2. The summed E-state index contributed by atoms with van der Waals surface area (Å²) in [7, 11) is 0. The van der Waals surface area contributed by atoms with Crippen molar-refractivity contribution in [2.24, 2.45) is 0 Å². The maximum Gasteiger partial charge on any atom is 0.338 e. The smallest absolute Gasteiger partial charge is 0.338 e. The Labute approximate surface area is 239 Å². The van der Waals surface area contributed by atoms with Crippen molar-refractivity contribution in [3.63, 3.8) is 0 Å². The maximum absolute atomic E-state index is 11.9. The van der Waals surface area contributed by atoms with Crippen molar-refractivity contribution in [3.8, 4) is 27.6 Å². The average molecular weight is 563 g/mol. The Morgan fingerprint density at radius 3 is 2.38 bits per heavy atom. The van der Waals surface area contributed by atoms with Gasteiger partial charge in [-0.05, 0) is 76.6 Å². The van der Waals surface area contributed by atoms with Gasteiger partial charge in [0, 0.05) is 24.2 Å². The number of fused-ring (bicyclic) bond motifs is 1. The van der Waals surface area contributed by atoms with Crippen LogP contribution in [0.15, 0.2) is 54.7 Å². The van der Waals surface area contributed by atoms with Gasteiger partial charge in [0.25, 0.3) is 0 Å². The standard InChI is InChI=1S/C31H38N4O4S/c1-4-37-30(36)26-11-9-24(10-12-26)28-21-35-31(32-28)40-29(33-35)25-13-15-27(16-14-25)38-18-8-6-5-7-17-34-19-22(2)39-23(3)20-34/h9-16,21-23H,4-8,17-20H2,1-3H3. The van der Waals surface area contributed by atoms with E-state index in [1.54, 1.807) is 34.9 Å². The zero-order valence-corrected chi connectivity index (χ0v) is 24.4. The monoisotopic (exact) mass is 562 g/mol. The van der Waals surface area contributed by atoms with Gasteiger partial charge in [-0.1, -0.05) is 36.3 Å². The first-order valence-electron chi connectivity index (χ1n) is 14.2. The quantitative estimate of drug-likeness (QED) is 0.147. The van der Waals surface area contributed by atoms with E-state index in [9.17, 15) is 4.79 Å². The summed E-state index contributed by atoms with van der Waals surface area (Å²) < 4.78 is 18.7. The molecule has 8 nitrogen and oxygen atoms in total. The van der Waals surface area contributed by atoms with Gasteiger partial charge in [0.05, 0.1) is 42.9 Å². The van der Waals surface area contributed by atoms with E-state index < -0.39 is 0 Å². The summed E-state index contributed by atoms with van der Waals surface area (Å²) in [4.78, 5) is 20.0. The topological polar surface area (TPSA) is 78.2 Å². The summed E-state index contributed by atoms with van der Waals surface area (Å²) in [5.41, 5.74) is 3.31. The highest BCUT2D eigenvalue weighted by atomic mass is 32.1. The molecule has 40 heavy (non-hydrogen) atoms. The molecule has 0 N–H and O–H groups in total. The van der Waals surface area contributed by atoms with Crippen LogP contribution in [-0.2, 0) is 9.47 Å². The number of morpholine rings is 1. The molecule has 0 saturated carbocycles. The molecule has 2 unspecified atom stereocenters. The number of hydrogen-bond acceptors (Lipinski definition) is 8. The van der Waals surface area contributed by atoms with Crippen LogP contribution in [0.1, 0.15) is 56.8 Å². The number of ether oxygens (including phenoxy) is 3. The minimum absolute atomic E-state index is 0.317. The van der Waals surface area contributed by atoms with E-state index in [1.165, 1.54) is 19.3 Å². The predicted octanol–water partition coefficient (Wildman–Crippen LogP) is 6.35. The molecule has 1 fully saturated rings. The van der Waals surface area contributed by atoms with E-state index in [0.717, 1.165) is 65.2 Å². The largest absolute Gasteiger partial charge is 0.494 e. The lowest BCUT2D eigenvalue weighted by Crippen LogP contribution is -2.45. The highest BCUT2D eigenvalue weighted by molar-refractivity contribution is 7.19. The van der Waals surface area contributed by atoms with Crippen molar-refractivity contribution in [1.29, 1.82) is 0 Å². The molecule has 0 radical (unpaired) electrons. The van der Waals surface area contributed by atoms with Gasteiger partial charge in [-0.3, -0.25) is 4.90 Å². The molecule has 0 aliphatic carbocycles. The molecule has 1 saturated heterocycles. The lowest BCUT2D eigenvalue weighted by atomic mass is 10.1. The number of carbonyl (C=O) groups excluding carboxylic acids is 1. The Morgan fingerprint density at radius 2 is 1.68 bits per heavy atom. The van der Waals surface area contributed by atoms with Gasteiger partial charge in [-0.25, -0.2) is 14.3 Å². The van der Waals surface area contributed by atoms with E-state index in [4.69, 9.17) is 24.3 Å². The first-order valence-corrected chi connectivity index (χ1v) is 15.0. The number of hydrogen-bond donors (Lipinski definition) is 0. The van der Waals surface area contributed by atoms with Crippen LogP contribution in [0, 0.1) is 0 Å². The van der Waals surface area contributed by atoms with Crippen LogP contribution in [0.2, 0.25) is 0 Å². The second-order valence-electron chi connectivity index (χ2n) is 10.4. The lowest BCUT2D eigenvalue weighted by molar-refractivity contribution is -0.0681. The van der Waals surface area contributed by atoms with Crippen molar-refractivity contribution in [2.45, 2.75) is 58.7 Å². The van der Waals surface area contributed by atoms with Gasteiger partial charge in [0.15, 0.2) is 0 Å². The highest BCUT2D eigenvalue weighted by Gasteiger charge is 2.21. The molecule has 0 amide bonds. The maximum atomic E-state index is 11.9. The number of esters is 1. The molecule has 3 heterocycles. The summed E-state index contributed by atoms with van der Waals surface area (Å²) in [6, 6.07) is 15.4. The van der Waals surface area contributed by atoms with Gasteiger partial charge in [-0.2, -0.15) is 5.10 Å². The van der Waals surface area contributed by atoms with Crippen LogP contribution in [-0.4, -0.2) is 70.5 Å². The Bertz CT molecular complexity index is 1340. The van der Waals surface area contributed by atoms with Crippen molar-refractivity contribution in [1.82, 2.24) is 19.5 Å². The molecule has 1 aliphatic rings.